The van der Waals surface area contributed by atoms with Gasteiger partial charge >= 0.3 is 0 Å². The monoisotopic (exact) mass is 422 g/mol. The SMILES string of the molecule is Cc1cc(C(=O)N[C@]2(c3ccccc3)CCN(c3ncccc3F)C[C@H]2O)cc(=O)[nH]1. The zero-order chi connectivity index (χ0) is 22.0. The smallest absolute Gasteiger partial charge is 0.252 e. The van der Waals surface area contributed by atoms with Gasteiger partial charge in [0.2, 0.25) is 5.56 Å². The molecule has 0 bridgehead atoms. The number of β-amino-alcohol motifs (C(OH)–C–C–N with tert-alkyl or cyclic N) is 1. The topological polar surface area (TPSA) is 98.3 Å². The van der Waals surface area contributed by atoms with Crippen LogP contribution in [0.2, 0.25) is 0 Å². The van der Waals surface area contributed by atoms with Crippen LogP contribution in [-0.4, -0.2) is 40.2 Å². The zero-order valence-electron chi connectivity index (χ0n) is 17.0. The number of aliphatic hydroxyl groups is 1. The van der Waals surface area contributed by atoms with E-state index in [1.807, 2.05) is 30.3 Å². The van der Waals surface area contributed by atoms with E-state index in [1.54, 1.807) is 17.9 Å². The lowest BCUT2D eigenvalue weighted by atomic mass is 9.78. The molecule has 31 heavy (non-hydrogen) atoms. The first-order chi connectivity index (χ1) is 14.9. The number of piperidine rings is 1. The Morgan fingerprint density at radius 1 is 1.26 bits per heavy atom. The summed E-state index contributed by atoms with van der Waals surface area (Å²) < 4.78 is 14.2. The van der Waals surface area contributed by atoms with Gasteiger partial charge in [-0.15, -0.1) is 0 Å². The Balaban J connectivity index is 1.68. The number of halogens is 1. The molecule has 2 atom stereocenters. The maximum Gasteiger partial charge on any atom is 0.252 e. The summed E-state index contributed by atoms with van der Waals surface area (Å²) in [6.45, 7) is 2.14. The summed E-state index contributed by atoms with van der Waals surface area (Å²) in [5, 5.41) is 14.2. The van der Waals surface area contributed by atoms with Gasteiger partial charge in [-0.05, 0) is 37.1 Å². The second kappa shape index (κ2) is 8.31. The highest BCUT2D eigenvalue weighted by molar-refractivity contribution is 5.94. The molecular weight excluding hydrogens is 399 g/mol. The first kappa shape index (κ1) is 20.7. The van der Waals surface area contributed by atoms with Crippen molar-refractivity contribution in [3.8, 4) is 0 Å². The fourth-order valence-electron chi connectivity index (χ4n) is 4.11. The normalized spacial score (nSPS) is 21.0. The van der Waals surface area contributed by atoms with E-state index in [0.717, 1.165) is 5.56 Å². The van der Waals surface area contributed by atoms with Crippen molar-refractivity contribution >= 4 is 11.7 Å². The number of aliphatic hydroxyl groups excluding tert-OH is 1. The maximum atomic E-state index is 14.2. The van der Waals surface area contributed by atoms with E-state index in [2.05, 4.69) is 15.3 Å². The summed E-state index contributed by atoms with van der Waals surface area (Å²) in [4.78, 5) is 33.3. The largest absolute Gasteiger partial charge is 0.388 e. The van der Waals surface area contributed by atoms with Gasteiger partial charge in [0.05, 0.1) is 11.6 Å². The molecule has 1 fully saturated rings. The van der Waals surface area contributed by atoms with Crippen LogP contribution in [-0.2, 0) is 5.54 Å². The van der Waals surface area contributed by atoms with Gasteiger partial charge in [0.15, 0.2) is 11.6 Å². The molecule has 3 heterocycles. The van der Waals surface area contributed by atoms with Crippen LogP contribution in [0.15, 0.2) is 65.6 Å². The predicted molar refractivity (Wildman–Crippen MR) is 114 cm³/mol. The fourth-order valence-corrected chi connectivity index (χ4v) is 4.11. The molecule has 3 aromatic rings. The van der Waals surface area contributed by atoms with Crippen LogP contribution in [0.3, 0.4) is 0 Å². The first-order valence-corrected chi connectivity index (χ1v) is 10.0. The van der Waals surface area contributed by atoms with Crippen molar-refractivity contribution in [2.24, 2.45) is 0 Å². The lowest BCUT2D eigenvalue weighted by Crippen LogP contribution is -2.62. The molecular formula is C23H23FN4O3. The van der Waals surface area contributed by atoms with Gasteiger partial charge in [-0.3, -0.25) is 9.59 Å². The van der Waals surface area contributed by atoms with Crippen LogP contribution >= 0.6 is 0 Å². The number of benzene rings is 1. The number of aromatic amines is 1. The van der Waals surface area contributed by atoms with Crippen LogP contribution < -0.4 is 15.8 Å². The molecule has 1 saturated heterocycles. The number of H-pyrrole nitrogens is 1. The molecule has 7 nitrogen and oxygen atoms in total. The fraction of sp³-hybridized carbons (Fsp3) is 0.261. The van der Waals surface area contributed by atoms with E-state index in [1.165, 1.54) is 24.4 Å². The average Bonchev–Trinajstić information content (AvgIpc) is 2.75. The number of hydrogen-bond acceptors (Lipinski definition) is 5. The number of nitrogens with one attached hydrogen (secondary N) is 2. The van der Waals surface area contributed by atoms with Gasteiger partial charge in [0.25, 0.3) is 5.91 Å². The summed E-state index contributed by atoms with van der Waals surface area (Å²) in [6, 6.07) is 14.8. The number of rotatable bonds is 4. The van der Waals surface area contributed by atoms with E-state index < -0.39 is 23.4 Å². The molecule has 1 aliphatic heterocycles. The van der Waals surface area contributed by atoms with Crippen molar-refractivity contribution in [3.63, 3.8) is 0 Å². The predicted octanol–water partition coefficient (Wildman–Crippen LogP) is 2.11. The van der Waals surface area contributed by atoms with Crippen LogP contribution in [0.25, 0.3) is 0 Å². The summed E-state index contributed by atoms with van der Waals surface area (Å²) >= 11 is 0. The third kappa shape index (κ3) is 4.06. The van der Waals surface area contributed by atoms with Crippen molar-refractivity contribution in [2.45, 2.75) is 25.0 Å². The molecule has 1 aliphatic rings. The third-order valence-electron chi connectivity index (χ3n) is 5.64. The lowest BCUT2D eigenvalue weighted by Gasteiger charge is -2.46. The highest BCUT2D eigenvalue weighted by atomic mass is 19.1. The number of carbonyl (C=O) groups is 1. The Bertz CT molecular complexity index is 1150. The Labute approximate surface area is 178 Å². The lowest BCUT2D eigenvalue weighted by molar-refractivity contribution is 0.0363. The van der Waals surface area contributed by atoms with Crippen LogP contribution in [0.4, 0.5) is 10.2 Å². The highest BCUT2D eigenvalue weighted by Gasteiger charge is 2.45. The number of pyridine rings is 2. The molecule has 0 radical (unpaired) electrons. The summed E-state index contributed by atoms with van der Waals surface area (Å²) in [6.07, 6.45) is 0.778. The van der Waals surface area contributed by atoms with Crippen molar-refractivity contribution in [1.29, 1.82) is 0 Å². The molecule has 3 N–H and O–H groups in total. The highest BCUT2D eigenvalue weighted by Crippen LogP contribution is 2.35. The molecule has 1 amide bonds. The summed E-state index contributed by atoms with van der Waals surface area (Å²) in [7, 11) is 0. The van der Waals surface area contributed by atoms with E-state index in [-0.39, 0.29) is 23.5 Å². The molecule has 4 rings (SSSR count). The summed E-state index contributed by atoms with van der Waals surface area (Å²) in [5.74, 6) is -0.765. The number of aromatic nitrogens is 2. The van der Waals surface area contributed by atoms with Crippen molar-refractivity contribution in [2.75, 3.05) is 18.0 Å². The third-order valence-corrected chi connectivity index (χ3v) is 5.64. The molecule has 0 spiro atoms. The molecule has 8 heteroatoms. The molecule has 0 saturated carbocycles. The molecule has 0 unspecified atom stereocenters. The number of carbonyl (C=O) groups excluding carboxylic acids is 1. The van der Waals surface area contributed by atoms with E-state index in [4.69, 9.17) is 0 Å². The molecule has 160 valence electrons. The standard InChI is InChI=1S/C23H23FN4O3/c1-15-12-16(13-20(30)26-15)22(31)27-23(17-6-3-2-4-7-17)9-11-28(14-19(23)29)21-18(24)8-5-10-25-21/h2-8,10,12-13,19,29H,9,11,14H2,1H3,(H,26,30)(H,27,31)/t19-,23+/m1/s1. The minimum absolute atomic E-state index is 0.0809. The second-order valence-corrected chi connectivity index (χ2v) is 7.73. The van der Waals surface area contributed by atoms with Crippen molar-refractivity contribution in [1.82, 2.24) is 15.3 Å². The Kier molecular flexibility index (Phi) is 5.56. The number of hydrogen-bond donors (Lipinski definition) is 3. The second-order valence-electron chi connectivity index (χ2n) is 7.73. The Hall–Kier alpha value is -3.52. The minimum Gasteiger partial charge on any atom is -0.388 e. The number of amides is 1. The van der Waals surface area contributed by atoms with Crippen molar-refractivity contribution in [3.05, 3.63) is 93.8 Å². The Morgan fingerprint density at radius 2 is 2.03 bits per heavy atom. The molecule has 2 aromatic heterocycles. The quantitative estimate of drug-likeness (QED) is 0.598. The molecule has 1 aromatic carbocycles. The van der Waals surface area contributed by atoms with E-state index in [9.17, 15) is 19.1 Å². The first-order valence-electron chi connectivity index (χ1n) is 10.0. The van der Waals surface area contributed by atoms with Gasteiger partial charge in [-0.2, -0.15) is 0 Å². The summed E-state index contributed by atoms with van der Waals surface area (Å²) in [5.41, 5.74) is 0.0317. The maximum absolute atomic E-state index is 14.2. The van der Waals surface area contributed by atoms with Gasteiger partial charge in [-0.1, -0.05) is 30.3 Å². The van der Waals surface area contributed by atoms with Crippen LogP contribution in [0.1, 0.15) is 28.0 Å². The average molecular weight is 422 g/mol. The van der Waals surface area contributed by atoms with Gasteiger partial charge in [-0.25, -0.2) is 9.37 Å². The number of aryl methyl sites for hydroxylation is 1. The van der Waals surface area contributed by atoms with Crippen molar-refractivity contribution < 1.29 is 14.3 Å². The number of nitrogens with zero attached hydrogens (tertiary/aromatic N) is 2. The number of anilines is 1. The van der Waals surface area contributed by atoms with E-state index >= 15 is 0 Å². The van der Waals surface area contributed by atoms with Gasteiger partial charge < -0.3 is 20.3 Å². The van der Waals surface area contributed by atoms with Crippen LogP contribution in [0, 0.1) is 12.7 Å². The van der Waals surface area contributed by atoms with Gasteiger partial charge in [0, 0.05) is 36.6 Å². The zero-order valence-corrected chi connectivity index (χ0v) is 17.0. The minimum atomic E-state index is -1.10. The Morgan fingerprint density at radius 3 is 2.71 bits per heavy atom. The van der Waals surface area contributed by atoms with Gasteiger partial charge in [0.1, 0.15) is 0 Å². The van der Waals surface area contributed by atoms with E-state index in [0.29, 0.717) is 18.7 Å². The molecule has 0 aliphatic carbocycles. The van der Waals surface area contributed by atoms with Crippen LogP contribution in [0.5, 0.6) is 0 Å².